The number of rotatable bonds is 0. The van der Waals surface area contributed by atoms with Crippen LogP contribution in [-0.4, -0.2) is 13.7 Å². The van der Waals surface area contributed by atoms with E-state index in [-0.39, 0.29) is 11.3 Å². The quantitative estimate of drug-likeness (QED) is 0.752. The molecule has 0 bridgehead atoms. The predicted octanol–water partition coefficient (Wildman–Crippen LogP) is 1.87. The Balaban J connectivity index is 2.75. The lowest BCUT2D eigenvalue weighted by Gasteiger charge is -2.28. The minimum absolute atomic E-state index is 0.159. The van der Waals surface area contributed by atoms with Crippen LogP contribution in [-0.2, 0) is 9.84 Å². The first kappa shape index (κ1) is 11.6. The Morgan fingerprint density at radius 1 is 1.25 bits per heavy atom. The largest absolute Gasteiger partial charge is 0.324 e. The third kappa shape index (κ3) is 1.57. The molecule has 2 N–H and O–H groups in total. The van der Waals surface area contributed by atoms with Crippen molar-refractivity contribution in [3.8, 4) is 0 Å². The summed E-state index contributed by atoms with van der Waals surface area (Å²) in [6.07, 6.45) is 0.512. The third-order valence-corrected chi connectivity index (χ3v) is 5.67. The van der Waals surface area contributed by atoms with Crippen LogP contribution in [0.2, 0.25) is 0 Å². The molecular weight excluding hydrogens is 222 g/mol. The van der Waals surface area contributed by atoms with Crippen molar-refractivity contribution in [1.29, 1.82) is 0 Å². The van der Waals surface area contributed by atoms with Crippen molar-refractivity contribution in [2.75, 3.05) is 0 Å². The Morgan fingerprint density at radius 2 is 1.81 bits per heavy atom. The molecule has 16 heavy (non-hydrogen) atoms. The highest BCUT2D eigenvalue weighted by Gasteiger charge is 2.34. The van der Waals surface area contributed by atoms with Crippen molar-refractivity contribution < 1.29 is 8.42 Å². The van der Waals surface area contributed by atoms with Gasteiger partial charge in [-0.25, -0.2) is 8.42 Å². The maximum absolute atomic E-state index is 12.2. The molecule has 0 saturated carbocycles. The van der Waals surface area contributed by atoms with Gasteiger partial charge >= 0.3 is 0 Å². The Hall–Kier alpha value is -0.870. The van der Waals surface area contributed by atoms with Crippen molar-refractivity contribution in [3.05, 3.63) is 28.8 Å². The highest BCUT2D eigenvalue weighted by atomic mass is 32.2. The molecule has 1 heterocycles. The highest BCUT2D eigenvalue weighted by Crippen LogP contribution is 2.36. The number of hydrogen-bond donors (Lipinski definition) is 1. The van der Waals surface area contributed by atoms with Crippen LogP contribution in [0.15, 0.2) is 17.0 Å². The number of nitrogens with two attached hydrogens (primary N) is 1. The molecule has 0 radical (unpaired) electrons. The fourth-order valence-electron chi connectivity index (χ4n) is 2.18. The van der Waals surface area contributed by atoms with Crippen LogP contribution in [0.3, 0.4) is 0 Å². The first-order valence-corrected chi connectivity index (χ1v) is 6.99. The van der Waals surface area contributed by atoms with Crippen LogP contribution in [0.4, 0.5) is 0 Å². The normalized spacial score (nSPS) is 27.5. The molecule has 0 aromatic heterocycles. The third-order valence-electron chi connectivity index (χ3n) is 3.45. The molecule has 0 aliphatic carbocycles. The molecule has 2 atom stereocenters. The van der Waals surface area contributed by atoms with Crippen molar-refractivity contribution in [1.82, 2.24) is 0 Å². The predicted molar refractivity (Wildman–Crippen MR) is 64.1 cm³/mol. The Kier molecular flexibility index (Phi) is 2.59. The summed E-state index contributed by atoms with van der Waals surface area (Å²) in [6, 6.07) is 3.52. The summed E-state index contributed by atoms with van der Waals surface area (Å²) in [6.45, 7) is 5.64. The number of aryl methyl sites for hydroxylation is 2. The summed E-state index contributed by atoms with van der Waals surface area (Å²) >= 11 is 0. The van der Waals surface area contributed by atoms with Gasteiger partial charge in [0, 0.05) is 6.04 Å². The van der Waals surface area contributed by atoms with Gasteiger partial charge < -0.3 is 5.73 Å². The van der Waals surface area contributed by atoms with Gasteiger partial charge in [0.15, 0.2) is 9.84 Å². The van der Waals surface area contributed by atoms with E-state index in [1.165, 1.54) is 0 Å². The van der Waals surface area contributed by atoms with E-state index in [1.807, 2.05) is 19.9 Å². The van der Waals surface area contributed by atoms with E-state index in [2.05, 4.69) is 0 Å². The van der Waals surface area contributed by atoms with Gasteiger partial charge in [-0.15, -0.1) is 0 Å². The maximum Gasteiger partial charge on any atom is 0.181 e. The lowest BCUT2D eigenvalue weighted by molar-refractivity contribution is 0.537. The van der Waals surface area contributed by atoms with Crippen molar-refractivity contribution in [3.63, 3.8) is 0 Å². The summed E-state index contributed by atoms with van der Waals surface area (Å²) < 4.78 is 24.3. The zero-order valence-electron chi connectivity index (χ0n) is 9.82. The van der Waals surface area contributed by atoms with Gasteiger partial charge in [0.1, 0.15) is 0 Å². The fourth-order valence-corrected chi connectivity index (χ4v) is 3.95. The first-order valence-electron chi connectivity index (χ1n) is 5.44. The van der Waals surface area contributed by atoms with Crippen LogP contribution in [0, 0.1) is 13.8 Å². The number of fused-ring (bicyclic) bond motifs is 1. The second-order valence-corrected chi connectivity index (χ2v) is 7.01. The summed E-state index contributed by atoms with van der Waals surface area (Å²) in [5.74, 6) is 0. The molecule has 88 valence electrons. The molecule has 2 unspecified atom stereocenters. The minimum atomic E-state index is -3.17. The Labute approximate surface area is 96.6 Å². The summed E-state index contributed by atoms with van der Waals surface area (Å²) in [4.78, 5) is 0.432. The van der Waals surface area contributed by atoms with Crippen LogP contribution in [0.5, 0.6) is 0 Å². The lowest BCUT2D eigenvalue weighted by Crippen LogP contribution is -2.31. The standard InChI is InChI=1S/C12H17NO2S/c1-7-4-10-11(13)6-9(3)16(14,15)12(10)5-8(7)2/h4-5,9,11H,6,13H2,1-3H3. The zero-order chi connectivity index (χ0) is 12.1. The molecule has 3 nitrogen and oxygen atoms in total. The number of sulfone groups is 1. The molecule has 0 fully saturated rings. The van der Waals surface area contributed by atoms with E-state index in [4.69, 9.17) is 5.73 Å². The van der Waals surface area contributed by atoms with E-state index in [9.17, 15) is 8.42 Å². The molecule has 1 aliphatic heterocycles. The Bertz CT molecular complexity index is 534. The van der Waals surface area contributed by atoms with Crippen LogP contribution < -0.4 is 5.73 Å². The van der Waals surface area contributed by atoms with E-state index < -0.39 is 9.84 Å². The minimum Gasteiger partial charge on any atom is -0.324 e. The number of benzene rings is 1. The maximum atomic E-state index is 12.2. The molecule has 0 amide bonds. The van der Waals surface area contributed by atoms with E-state index in [1.54, 1.807) is 13.0 Å². The van der Waals surface area contributed by atoms with Gasteiger partial charge in [-0.1, -0.05) is 6.07 Å². The average molecular weight is 239 g/mol. The monoisotopic (exact) mass is 239 g/mol. The highest BCUT2D eigenvalue weighted by molar-refractivity contribution is 7.92. The lowest BCUT2D eigenvalue weighted by atomic mass is 9.98. The van der Waals surface area contributed by atoms with E-state index in [0.29, 0.717) is 11.3 Å². The van der Waals surface area contributed by atoms with Gasteiger partial charge in [-0.05, 0) is 49.9 Å². The first-order chi connectivity index (χ1) is 7.34. The summed E-state index contributed by atoms with van der Waals surface area (Å²) in [7, 11) is -3.17. The smallest absolute Gasteiger partial charge is 0.181 e. The summed E-state index contributed by atoms with van der Waals surface area (Å²) in [5, 5.41) is -0.378. The molecule has 1 aliphatic rings. The molecular formula is C12H17NO2S. The van der Waals surface area contributed by atoms with Crippen LogP contribution in [0.25, 0.3) is 0 Å². The van der Waals surface area contributed by atoms with Gasteiger partial charge in [0.25, 0.3) is 0 Å². The molecule has 2 rings (SSSR count). The Morgan fingerprint density at radius 3 is 2.44 bits per heavy atom. The van der Waals surface area contributed by atoms with Gasteiger partial charge in [-0.2, -0.15) is 0 Å². The van der Waals surface area contributed by atoms with Gasteiger partial charge in [0.2, 0.25) is 0 Å². The second-order valence-electron chi connectivity index (χ2n) is 4.67. The second kappa shape index (κ2) is 3.57. The van der Waals surface area contributed by atoms with Crippen molar-refractivity contribution in [2.45, 2.75) is 43.4 Å². The van der Waals surface area contributed by atoms with Gasteiger partial charge in [0.05, 0.1) is 10.1 Å². The average Bonchev–Trinajstić information content (AvgIpc) is 2.19. The molecule has 1 aromatic carbocycles. The topological polar surface area (TPSA) is 60.2 Å². The summed E-state index contributed by atoms with van der Waals surface area (Å²) in [5.41, 5.74) is 8.89. The fraction of sp³-hybridized carbons (Fsp3) is 0.500. The van der Waals surface area contributed by atoms with Gasteiger partial charge in [-0.3, -0.25) is 0 Å². The van der Waals surface area contributed by atoms with E-state index >= 15 is 0 Å². The molecule has 1 aromatic rings. The van der Waals surface area contributed by atoms with Crippen LogP contribution in [0.1, 0.15) is 36.1 Å². The molecule has 0 saturated heterocycles. The van der Waals surface area contributed by atoms with Crippen molar-refractivity contribution >= 4 is 9.84 Å². The molecule has 0 spiro atoms. The van der Waals surface area contributed by atoms with Crippen LogP contribution >= 0.6 is 0 Å². The SMILES string of the molecule is Cc1cc2c(cc1C)S(=O)(=O)C(C)CC2N. The molecule has 4 heteroatoms. The van der Waals surface area contributed by atoms with E-state index in [0.717, 1.165) is 16.7 Å². The van der Waals surface area contributed by atoms with Crippen molar-refractivity contribution in [2.24, 2.45) is 5.73 Å². The number of hydrogen-bond acceptors (Lipinski definition) is 3. The zero-order valence-corrected chi connectivity index (χ0v) is 10.6.